The molecule has 2 heterocycles. The van der Waals surface area contributed by atoms with E-state index in [2.05, 4.69) is 10.4 Å². The van der Waals surface area contributed by atoms with E-state index in [4.69, 9.17) is 0 Å². The highest BCUT2D eigenvalue weighted by molar-refractivity contribution is 7.89. The number of nitrogens with one attached hydrogen (secondary N) is 1. The van der Waals surface area contributed by atoms with Gasteiger partial charge in [0.05, 0.1) is 6.20 Å². The van der Waals surface area contributed by atoms with Crippen LogP contribution in [0, 0.1) is 0 Å². The number of hydrogen-bond acceptors (Lipinski definition) is 4. The Hall–Kier alpha value is -2.91. The molecular weight excluding hydrogens is 402 g/mol. The largest absolute Gasteiger partial charge is 0.334 e. The van der Waals surface area contributed by atoms with E-state index in [-0.39, 0.29) is 17.5 Å². The van der Waals surface area contributed by atoms with Gasteiger partial charge in [-0.3, -0.25) is 4.68 Å². The maximum Gasteiger partial charge on any atom is 0.317 e. The van der Waals surface area contributed by atoms with Crippen LogP contribution in [0.25, 0.3) is 10.8 Å². The van der Waals surface area contributed by atoms with Gasteiger partial charge in [0.1, 0.15) is 4.90 Å². The van der Waals surface area contributed by atoms with Crippen LogP contribution in [0.5, 0.6) is 0 Å². The standard InChI is InChI=1S/C21H25N5O3S/c1-24-16-19(15-23-24)30(28,29)26-11-5-10-25(12-13-26)21(27)22-14-18-8-4-7-17-6-2-3-9-20(17)18/h2-4,6-9,15-16H,5,10-14H2,1H3,(H,22,27). The highest BCUT2D eigenvalue weighted by atomic mass is 32.2. The molecule has 9 heteroatoms. The van der Waals surface area contributed by atoms with E-state index >= 15 is 0 Å². The first-order valence-corrected chi connectivity index (χ1v) is 11.4. The van der Waals surface area contributed by atoms with Gasteiger partial charge >= 0.3 is 6.03 Å². The predicted octanol–water partition coefficient (Wildman–Crippen LogP) is 2.18. The van der Waals surface area contributed by atoms with Gasteiger partial charge in [0.2, 0.25) is 10.0 Å². The Balaban J connectivity index is 1.39. The summed E-state index contributed by atoms with van der Waals surface area (Å²) >= 11 is 0. The number of rotatable bonds is 4. The Morgan fingerprint density at radius 1 is 1.07 bits per heavy atom. The number of fused-ring (bicyclic) bond motifs is 1. The summed E-state index contributed by atoms with van der Waals surface area (Å²) in [6.07, 6.45) is 3.44. The number of aryl methyl sites for hydroxylation is 1. The minimum atomic E-state index is -3.60. The van der Waals surface area contributed by atoms with E-state index in [1.807, 2.05) is 42.5 Å². The quantitative estimate of drug-likeness (QED) is 0.691. The number of hydrogen-bond donors (Lipinski definition) is 1. The van der Waals surface area contributed by atoms with Gasteiger partial charge in [0.15, 0.2) is 0 Å². The lowest BCUT2D eigenvalue weighted by molar-refractivity contribution is 0.200. The van der Waals surface area contributed by atoms with Gasteiger partial charge < -0.3 is 10.2 Å². The van der Waals surface area contributed by atoms with Crippen LogP contribution in [0.3, 0.4) is 0 Å². The van der Waals surface area contributed by atoms with E-state index in [0.29, 0.717) is 32.6 Å². The lowest BCUT2D eigenvalue weighted by Crippen LogP contribution is -2.42. The summed E-state index contributed by atoms with van der Waals surface area (Å²) in [5.41, 5.74) is 1.05. The third kappa shape index (κ3) is 4.17. The van der Waals surface area contributed by atoms with E-state index in [9.17, 15) is 13.2 Å². The summed E-state index contributed by atoms with van der Waals surface area (Å²) in [5.74, 6) is 0. The van der Waals surface area contributed by atoms with Crippen molar-refractivity contribution < 1.29 is 13.2 Å². The molecule has 2 aromatic carbocycles. The van der Waals surface area contributed by atoms with Crippen molar-refractivity contribution in [2.75, 3.05) is 26.2 Å². The minimum absolute atomic E-state index is 0.177. The molecule has 1 aromatic heterocycles. The van der Waals surface area contributed by atoms with Gasteiger partial charge in [-0.1, -0.05) is 42.5 Å². The molecule has 0 aliphatic carbocycles. The van der Waals surface area contributed by atoms with Crippen LogP contribution < -0.4 is 5.32 Å². The Kier molecular flexibility index (Phi) is 5.74. The highest BCUT2D eigenvalue weighted by Gasteiger charge is 2.29. The Morgan fingerprint density at radius 3 is 2.67 bits per heavy atom. The third-order valence-corrected chi connectivity index (χ3v) is 7.22. The molecule has 158 valence electrons. The van der Waals surface area contributed by atoms with E-state index in [0.717, 1.165) is 16.3 Å². The molecule has 0 saturated carbocycles. The molecule has 0 radical (unpaired) electrons. The first kappa shape index (κ1) is 20.4. The summed E-state index contributed by atoms with van der Waals surface area (Å²) < 4.78 is 28.5. The molecule has 4 rings (SSSR count). The number of urea groups is 1. The van der Waals surface area contributed by atoms with Crippen LogP contribution in [0.4, 0.5) is 4.79 Å². The lowest BCUT2D eigenvalue weighted by Gasteiger charge is -2.22. The molecule has 1 aliphatic rings. The molecule has 3 aromatic rings. The summed E-state index contributed by atoms with van der Waals surface area (Å²) in [6, 6.07) is 13.9. The average molecular weight is 428 g/mol. The Bertz CT molecular complexity index is 1150. The molecular formula is C21H25N5O3S. The van der Waals surface area contributed by atoms with Crippen molar-refractivity contribution in [1.82, 2.24) is 24.3 Å². The molecule has 0 bridgehead atoms. The highest BCUT2D eigenvalue weighted by Crippen LogP contribution is 2.19. The Morgan fingerprint density at radius 2 is 1.87 bits per heavy atom. The fraction of sp³-hybridized carbons (Fsp3) is 0.333. The van der Waals surface area contributed by atoms with Crippen LogP contribution >= 0.6 is 0 Å². The number of carbonyl (C=O) groups is 1. The SMILES string of the molecule is Cn1cc(S(=O)(=O)N2CCCN(C(=O)NCc3cccc4ccccc34)CC2)cn1. The van der Waals surface area contributed by atoms with Crippen LogP contribution in [-0.4, -0.2) is 59.6 Å². The van der Waals surface area contributed by atoms with E-state index in [1.165, 1.54) is 21.4 Å². The number of sulfonamides is 1. The number of aromatic nitrogens is 2. The molecule has 2 amide bonds. The minimum Gasteiger partial charge on any atom is -0.334 e. The first-order valence-electron chi connectivity index (χ1n) is 9.93. The Labute approximate surface area is 176 Å². The zero-order valence-corrected chi connectivity index (χ0v) is 17.7. The predicted molar refractivity (Wildman–Crippen MR) is 114 cm³/mol. The van der Waals surface area contributed by atoms with Crippen LogP contribution in [0.2, 0.25) is 0 Å². The molecule has 0 unspecified atom stereocenters. The normalized spacial score (nSPS) is 15.8. The average Bonchev–Trinajstić information content (AvgIpc) is 3.04. The van der Waals surface area contributed by atoms with Crippen LogP contribution in [0.15, 0.2) is 59.8 Å². The molecule has 30 heavy (non-hydrogen) atoms. The summed E-state index contributed by atoms with van der Waals surface area (Å²) in [5, 5.41) is 9.19. The molecule has 1 aliphatic heterocycles. The van der Waals surface area contributed by atoms with Gasteiger partial charge in [-0.15, -0.1) is 0 Å². The summed E-state index contributed by atoms with van der Waals surface area (Å²) in [4.78, 5) is 14.6. The second-order valence-electron chi connectivity index (χ2n) is 7.39. The van der Waals surface area contributed by atoms with E-state index in [1.54, 1.807) is 11.9 Å². The first-order chi connectivity index (χ1) is 14.4. The van der Waals surface area contributed by atoms with E-state index < -0.39 is 10.0 Å². The number of nitrogens with zero attached hydrogens (tertiary/aromatic N) is 4. The van der Waals surface area contributed by atoms with Gasteiger partial charge in [-0.05, 0) is 22.8 Å². The third-order valence-electron chi connectivity index (χ3n) is 5.37. The molecule has 1 saturated heterocycles. The topological polar surface area (TPSA) is 87.5 Å². The van der Waals surface area contributed by atoms with Crippen LogP contribution in [0.1, 0.15) is 12.0 Å². The van der Waals surface area contributed by atoms with Crippen molar-refractivity contribution in [2.24, 2.45) is 7.05 Å². The fourth-order valence-electron chi connectivity index (χ4n) is 3.75. The van der Waals surface area contributed by atoms with Gasteiger partial charge in [-0.25, -0.2) is 13.2 Å². The lowest BCUT2D eigenvalue weighted by atomic mass is 10.0. The molecule has 1 N–H and O–H groups in total. The van der Waals surface area contributed by atoms with Crippen molar-refractivity contribution in [1.29, 1.82) is 0 Å². The molecule has 0 atom stereocenters. The number of carbonyl (C=O) groups excluding carboxylic acids is 1. The van der Waals surface area contributed by atoms with Gasteiger partial charge in [0, 0.05) is 46.0 Å². The fourth-order valence-corrected chi connectivity index (χ4v) is 5.20. The van der Waals surface area contributed by atoms with Crippen LogP contribution in [-0.2, 0) is 23.6 Å². The second-order valence-corrected chi connectivity index (χ2v) is 9.33. The second kappa shape index (κ2) is 8.45. The van der Waals surface area contributed by atoms with Crippen molar-refractivity contribution in [3.8, 4) is 0 Å². The van der Waals surface area contributed by atoms with Crippen molar-refractivity contribution >= 4 is 26.8 Å². The number of benzene rings is 2. The van der Waals surface area contributed by atoms with Crippen molar-refractivity contribution in [3.05, 3.63) is 60.4 Å². The van der Waals surface area contributed by atoms with Gasteiger partial charge in [0.25, 0.3) is 0 Å². The zero-order valence-electron chi connectivity index (χ0n) is 16.9. The maximum absolute atomic E-state index is 12.8. The van der Waals surface area contributed by atoms with Gasteiger partial charge in [-0.2, -0.15) is 9.40 Å². The van der Waals surface area contributed by atoms with Crippen molar-refractivity contribution in [3.63, 3.8) is 0 Å². The summed E-state index contributed by atoms with van der Waals surface area (Å²) in [6.45, 7) is 1.93. The van der Waals surface area contributed by atoms with Crippen molar-refractivity contribution in [2.45, 2.75) is 17.9 Å². The number of amides is 2. The molecule has 8 nitrogen and oxygen atoms in total. The smallest absolute Gasteiger partial charge is 0.317 e. The molecule has 0 spiro atoms. The maximum atomic E-state index is 12.8. The summed E-state index contributed by atoms with van der Waals surface area (Å²) in [7, 11) is -1.92. The monoisotopic (exact) mass is 427 g/mol. The molecule has 1 fully saturated rings. The zero-order chi connectivity index (χ0) is 21.1.